The van der Waals surface area contributed by atoms with Crippen molar-refractivity contribution in [1.82, 2.24) is 0 Å². The first-order chi connectivity index (χ1) is 31.9. The molecule has 0 rings (SSSR count). The lowest BCUT2D eigenvalue weighted by atomic mass is 11.8. The molecule has 0 saturated heterocycles. The fraction of sp³-hybridized carbons (Fsp3) is 1.00. The molecular formula is C24H58Cl38O5. The molecule has 43 heteroatoms. The van der Waals surface area contributed by atoms with Gasteiger partial charge in [-0.05, 0) is 0 Å². The highest BCUT2D eigenvalue weighted by Gasteiger charge is 1.46. The standard InChI is InChI=1S/19CH2Cl2.5CH4O/c19*2-1-3;5*1-2/h19*1H2;5*2H,1H3. The summed E-state index contributed by atoms with van der Waals surface area (Å²) in [6.07, 6.45) is 0. The molecule has 0 atom stereocenters. The molecule has 0 aromatic heterocycles. The Morgan fingerprint density at radius 2 is 0.104 bits per heavy atom. The van der Waals surface area contributed by atoms with Crippen LogP contribution in [0.1, 0.15) is 0 Å². The predicted octanol–water partition coefficient (Wildman–Crippen LogP) is 25.1. The van der Waals surface area contributed by atoms with Crippen LogP contribution in [0.25, 0.3) is 0 Å². The summed E-state index contributed by atoms with van der Waals surface area (Å²) in [5, 5.41) is 38.7. The zero-order chi connectivity index (χ0) is 61.4. The van der Waals surface area contributed by atoms with E-state index in [-0.39, 0.29) is 101 Å². The monoisotopic (exact) mass is 1760 g/mol. The second-order valence-corrected chi connectivity index (χ2v) is 17.3. The molecular weight excluding hydrogens is 1720 g/mol. The Balaban J connectivity index is -0.0000000131. The number of aliphatic hydroxyl groups is 5. The van der Waals surface area contributed by atoms with Crippen LogP contribution in [-0.2, 0) is 0 Å². The smallest absolute Gasteiger partial charge is 0.0967 e. The van der Waals surface area contributed by atoms with Crippen LogP contribution in [0.15, 0.2) is 0 Å². The van der Waals surface area contributed by atoms with Gasteiger partial charge in [-0.1, -0.05) is 0 Å². The summed E-state index contributed by atoms with van der Waals surface area (Å²) in [5.41, 5.74) is 0. The van der Waals surface area contributed by atoms with E-state index in [4.69, 9.17) is 466 Å². The molecule has 0 radical (unpaired) electrons. The first-order valence-corrected chi connectivity index (χ1v) is 32.7. The quantitative estimate of drug-likeness (QED) is 0.156. The molecule has 0 aromatic carbocycles. The summed E-state index contributed by atoms with van der Waals surface area (Å²) < 4.78 is 0. The summed E-state index contributed by atoms with van der Waals surface area (Å²) in [6, 6.07) is 0. The van der Waals surface area contributed by atoms with Crippen molar-refractivity contribution < 1.29 is 25.5 Å². The van der Waals surface area contributed by atoms with E-state index < -0.39 is 0 Å². The molecule has 0 spiro atoms. The van der Waals surface area contributed by atoms with Gasteiger partial charge in [-0.15, -0.1) is 441 Å². The molecule has 0 saturated carbocycles. The molecule has 0 aromatic rings. The van der Waals surface area contributed by atoms with Gasteiger partial charge in [-0.3, -0.25) is 0 Å². The fourth-order valence-corrected chi connectivity index (χ4v) is 0. The average molecular weight is 1770 g/mol. The molecule has 5 nitrogen and oxygen atoms in total. The molecule has 0 aliphatic rings. The van der Waals surface area contributed by atoms with Gasteiger partial charge < -0.3 is 25.5 Å². The van der Waals surface area contributed by atoms with Gasteiger partial charge in [0.05, 0.1) is 101 Å². The van der Waals surface area contributed by atoms with Crippen LogP contribution in [0, 0.1) is 0 Å². The van der Waals surface area contributed by atoms with Crippen molar-refractivity contribution >= 4 is 441 Å². The molecule has 0 aliphatic carbocycles. The van der Waals surface area contributed by atoms with Crippen LogP contribution in [-0.4, -0.2) is 163 Å². The minimum absolute atomic E-state index is 0.194. The Kier molecular flexibility index (Phi) is 1180. The zero-order valence-corrected chi connectivity index (χ0v) is 63.8. The molecule has 450 valence electrons. The van der Waals surface area contributed by atoms with Gasteiger partial charge in [0.2, 0.25) is 0 Å². The number of hydrogen-bond donors (Lipinski definition) is 5. The van der Waals surface area contributed by atoms with Crippen molar-refractivity contribution in [1.29, 1.82) is 0 Å². The molecule has 0 unspecified atom stereocenters. The Morgan fingerprint density at radius 1 is 0.104 bits per heavy atom. The van der Waals surface area contributed by atoms with Crippen LogP contribution in [0.3, 0.4) is 0 Å². The number of alkyl halides is 38. The van der Waals surface area contributed by atoms with Gasteiger partial charge >= 0.3 is 0 Å². The third kappa shape index (κ3) is 3670. The minimum atomic E-state index is 0.194. The third-order valence-electron chi connectivity index (χ3n) is 0. The SMILES string of the molecule is CO.CO.CO.CO.CO.ClCCl.ClCCl.ClCCl.ClCCl.ClCCl.ClCCl.ClCCl.ClCCl.ClCCl.ClCCl.ClCCl.ClCCl.ClCCl.ClCCl.ClCCl.ClCCl.ClCCl.ClCCl.ClCCl. The summed E-state index contributed by atoms with van der Waals surface area (Å²) in [5.74, 6) is 0. The molecule has 0 amide bonds. The Labute approximate surface area is 594 Å². The molecule has 67 heavy (non-hydrogen) atoms. The van der Waals surface area contributed by atoms with E-state index in [1.807, 2.05) is 0 Å². The summed E-state index contributed by atoms with van der Waals surface area (Å²) in [6.45, 7) is 0. The Hall–Kier alpha value is 10.8. The third-order valence-corrected chi connectivity index (χ3v) is 0. The molecule has 0 heterocycles. The normalized spacial score (nSPS) is 5.55. The molecule has 5 N–H and O–H groups in total. The van der Waals surface area contributed by atoms with E-state index in [0.29, 0.717) is 0 Å². The van der Waals surface area contributed by atoms with Crippen LogP contribution < -0.4 is 0 Å². The van der Waals surface area contributed by atoms with Crippen LogP contribution in [0.2, 0.25) is 0 Å². The van der Waals surface area contributed by atoms with Crippen molar-refractivity contribution in [3.8, 4) is 0 Å². The van der Waals surface area contributed by atoms with Gasteiger partial charge in [-0.25, -0.2) is 0 Å². The Bertz CT molecular complexity index is 166. The highest BCUT2D eigenvalue weighted by atomic mass is 35.6. The second-order valence-electron chi connectivity index (χ2n) is 1.92. The van der Waals surface area contributed by atoms with Crippen molar-refractivity contribution in [3.63, 3.8) is 0 Å². The topological polar surface area (TPSA) is 101 Å². The lowest BCUT2D eigenvalue weighted by Crippen LogP contribution is -1.25. The van der Waals surface area contributed by atoms with E-state index in [9.17, 15) is 0 Å². The maximum atomic E-state index is 7.00. The lowest BCUT2D eigenvalue weighted by molar-refractivity contribution is 0.399. The first-order valence-electron chi connectivity index (χ1n) is 12.4. The predicted molar refractivity (Wildman–Crippen MR) is 356 cm³/mol. The number of halogens is 38. The fourth-order valence-electron chi connectivity index (χ4n) is 0. The van der Waals surface area contributed by atoms with E-state index in [2.05, 4.69) is 0 Å². The first kappa shape index (κ1) is 159. The summed E-state index contributed by atoms with van der Waals surface area (Å²) in [7, 11) is 5.00. The van der Waals surface area contributed by atoms with E-state index in [1.165, 1.54) is 0 Å². The summed E-state index contributed by atoms with van der Waals surface area (Å²) in [4.78, 5) is 0. The van der Waals surface area contributed by atoms with Gasteiger partial charge in [0.1, 0.15) is 0 Å². The minimum Gasteiger partial charge on any atom is -0.400 e. The van der Waals surface area contributed by atoms with Gasteiger partial charge in [0, 0.05) is 35.5 Å². The van der Waals surface area contributed by atoms with Gasteiger partial charge in [0.25, 0.3) is 0 Å². The van der Waals surface area contributed by atoms with Crippen molar-refractivity contribution in [3.05, 3.63) is 0 Å². The maximum absolute atomic E-state index is 7.00. The van der Waals surface area contributed by atoms with Crippen molar-refractivity contribution in [2.75, 3.05) is 137 Å². The zero-order valence-electron chi connectivity index (χ0n) is 35.0. The average Bonchev–Trinajstić information content (AvgIpc) is 3.27. The van der Waals surface area contributed by atoms with E-state index >= 15 is 0 Å². The highest BCUT2D eigenvalue weighted by molar-refractivity contribution is 6.45. The number of aliphatic hydroxyl groups excluding tert-OH is 5. The number of hydrogen-bond acceptors (Lipinski definition) is 5. The van der Waals surface area contributed by atoms with Crippen LogP contribution in [0.5, 0.6) is 0 Å². The van der Waals surface area contributed by atoms with Crippen molar-refractivity contribution in [2.24, 2.45) is 0 Å². The Morgan fingerprint density at radius 3 is 0.104 bits per heavy atom. The molecule has 0 bridgehead atoms. The molecule has 0 fully saturated rings. The van der Waals surface area contributed by atoms with Gasteiger partial charge in [-0.2, -0.15) is 0 Å². The number of rotatable bonds is 0. The van der Waals surface area contributed by atoms with Crippen LogP contribution in [0.4, 0.5) is 0 Å². The van der Waals surface area contributed by atoms with E-state index in [0.717, 1.165) is 35.5 Å². The van der Waals surface area contributed by atoms with Crippen molar-refractivity contribution in [2.45, 2.75) is 0 Å². The molecule has 0 aliphatic heterocycles. The lowest BCUT2D eigenvalue weighted by Gasteiger charge is -1.42. The van der Waals surface area contributed by atoms with Crippen LogP contribution >= 0.6 is 441 Å². The summed E-state index contributed by atoms with van der Waals surface area (Å²) >= 11 is 181. The van der Waals surface area contributed by atoms with Gasteiger partial charge in [0.15, 0.2) is 0 Å². The highest BCUT2D eigenvalue weighted by Crippen LogP contribution is 1.78. The second kappa shape index (κ2) is 497. The maximum Gasteiger partial charge on any atom is 0.0967 e. The largest absolute Gasteiger partial charge is 0.400 e. The van der Waals surface area contributed by atoms with E-state index in [1.54, 1.807) is 0 Å².